The Labute approximate surface area is 123 Å². The van der Waals surface area contributed by atoms with Gasteiger partial charge in [-0.25, -0.2) is 17.5 Å². The summed E-state index contributed by atoms with van der Waals surface area (Å²) in [5.41, 5.74) is 5.78. The van der Waals surface area contributed by atoms with Crippen LogP contribution in [0.5, 0.6) is 0 Å². The lowest BCUT2D eigenvalue weighted by atomic mass is 9.96. The van der Waals surface area contributed by atoms with Crippen molar-refractivity contribution < 1.29 is 12.8 Å². The van der Waals surface area contributed by atoms with Gasteiger partial charge in [0.15, 0.2) is 0 Å². The van der Waals surface area contributed by atoms with Gasteiger partial charge in [-0.2, -0.15) is 11.8 Å². The van der Waals surface area contributed by atoms with Crippen LogP contribution in [0.3, 0.4) is 0 Å². The molecule has 1 aliphatic carbocycles. The monoisotopic (exact) mass is 318 g/mol. The third-order valence-electron chi connectivity index (χ3n) is 3.56. The van der Waals surface area contributed by atoms with Crippen molar-refractivity contribution in [1.82, 2.24) is 4.72 Å². The van der Waals surface area contributed by atoms with Crippen molar-refractivity contribution in [2.45, 2.75) is 41.9 Å². The fourth-order valence-electron chi connectivity index (χ4n) is 2.50. The van der Waals surface area contributed by atoms with E-state index in [1.807, 2.05) is 6.26 Å². The number of halogens is 1. The summed E-state index contributed by atoms with van der Waals surface area (Å²) in [6.07, 6.45) is 5.83. The van der Waals surface area contributed by atoms with Gasteiger partial charge in [-0.3, -0.25) is 0 Å². The molecule has 0 spiro atoms. The van der Waals surface area contributed by atoms with Crippen molar-refractivity contribution in [3.63, 3.8) is 0 Å². The second kappa shape index (κ2) is 6.32. The molecule has 0 saturated heterocycles. The average Bonchev–Trinajstić information content (AvgIpc) is 2.41. The molecule has 0 amide bonds. The van der Waals surface area contributed by atoms with E-state index in [4.69, 9.17) is 5.73 Å². The number of anilines is 1. The van der Waals surface area contributed by atoms with Gasteiger partial charge < -0.3 is 5.73 Å². The Bertz CT molecular complexity index is 578. The minimum Gasteiger partial charge on any atom is -0.399 e. The van der Waals surface area contributed by atoms with Gasteiger partial charge in [0.2, 0.25) is 10.0 Å². The van der Waals surface area contributed by atoms with Gasteiger partial charge in [-0.05, 0) is 37.3 Å². The maximum Gasteiger partial charge on any atom is 0.243 e. The number of nitrogen functional groups attached to an aromatic ring is 1. The number of nitrogens with two attached hydrogens (primary N) is 1. The molecule has 0 heterocycles. The molecule has 112 valence electrons. The van der Waals surface area contributed by atoms with Crippen molar-refractivity contribution in [2.75, 3.05) is 12.0 Å². The van der Waals surface area contributed by atoms with Gasteiger partial charge in [0.25, 0.3) is 0 Å². The topological polar surface area (TPSA) is 72.2 Å². The maximum absolute atomic E-state index is 13.7. The SMILES string of the molecule is CSC1CCCCC1NS(=O)(=O)c1cc(N)ccc1F. The van der Waals surface area contributed by atoms with Crippen LogP contribution in [0.2, 0.25) is 0 Å². The van der Waals surface area contributed by atoms with Crippen LogP contribution in [-0.4, -0.2) is 26.0 Å². The molecule has 2 rings (SSSR count). The maximum atomic E-state index is 13.7. The van der Waals surface area contributed by atoms with Gasteiger partial charge in [0.05, 0.1) is 0 Å². The van der Waals surface area contributed by atoms with Crippen LogP contribution in [-0.2, 0) is 10.0 Å². The predicted octanol–water partition coefficient (Wildman–Crippen LogP) is 2.36. The number of thioether (sulfide) groups is 1. The van der Waals surface area contributed by atoms with Gasteiger partial charge in [0.1, 0.15) is 10.7 Å². The zero-order chi connectivity index (χ0) is 14.8. The van der Waals surface area contributed by atoms with Crippen molar-refractivity contribution in [3.8, 4) is 0 Å². The lowest BCUT2D eigenvalue weighted by Gasteiger charge is -2.30. The highest BCUT2D eigenvalue weighted by molar-refractivity contribution is 7.99. The van der Waals surface area contributed by atoms with Crippen LogP contribution in [0.4, 0.5) is 10.1 Å². The normalized spacial score (nSPS) is 23.7. The fraction of sp³-hybridized carbons (Fsp3) is 0.538. The van der Waals surface area contributed by atoms with Gasteiger partial charge in [-0.1, -0.05) is 12.8 Å². The highest BCUT2D eigenvalue weighted by Gasteiger charge is 2.30. The van der Waals surface area contributed by atoms with Gasteiger partial charge in [-0.15, -0.1) is 0 Å². The van der Waals surface area contributed by atoms with Gasteiger partial charge >= 0.3 is 0 Å². The minimum atomic E-state index is -3.87. The third-order valence-corrected chi connectivity index (χ3v) is 6.23. The number of nitrogens with one attached hydrogen (secondary N) is 1. The molecular formula is C13H19FN2O2S2. The summed E-state index contributed by atoms with van der Waals surface area (Å²) >= 11 is 1.65. The number of benzene rings is 1. The second-order valence-electron chi connectivity index (χ2n) is 4.98. The number of rotatable bonds is 4. The summed E-state index contributed by atoms with van der Waals surface area (Å²) in [6, 6.07) is 3.44. The van der Waals surface area contributed by atoms with Crippen LogP contribution in [0.15, 0.2) is 23.1 Å². The summed E-state index contributed by atoms with van der Waals surface area (Å²) in [6.45, 7) is 0. The van der Waals surface area contributed by atoms with E-state index in [0.29, 0.717) is 0 Å². The molecule has 2 unspecified atom stereocenters. The Morgan fingerprint density at radius 2 is 2.05 bits per heavy atom. The smallest absolute Gasteiger partial charge is 0.243 e. The highest BCUT2D eigenvalue weighted by Crippen LogP contribution is 2.28. The molecule has 1 fully saturated rings. The summed E-state index contributed by atoms with van der Waals surface area (Å²) < 4.78 is 41.0. The van der Waals surface area contributed by atoms with Crippen LogP contribution >= 0.6 is 11.8 Å². The number of hydrogen-bond acceptors (Lipinski definition) is 4. The molecular weight excluding hydrogens is 299 g/mol. The Balaban J connectivity index is 2.24. The zero-order valence-electron chi connectivity index (χ0n) is 11.3. The molecule has 1 aliphatic rings. The van der Waals surface area contributed by atoms with Crippen LogP contribution < -0.4 is 10.5 Å². The first-order valence-electron chi connectivity index (χ1n) is 6.54. The standard InChI is InChI=1S/C13H19FN2O2S2/c1-19-12-5-3-2-4-11(12)16-20(17,18)13-8-9(15)6-7-10(13)14/h6-8,11-12,16H,2-5,15H2,1H3. The third kappa shape index (κ3) is 3.45. The molecule has 2 atom stereocenters. The largest absolute Gasteiger partial charge is 0.399 e. The van der Waals surface area contributed by atoms with Crippen molar-refractivity contribution in [3.05, 3.63) is 24.0 Å². The Kier molecular flexibility index (Phi) is 4.93. The van der Waals surface area contributed by atoms with E-state index in [1.54, 1.807) is 11.8 Å². The highest BCUT2D eigenvalue weighted by atomic mass is 32.2. The van der Waals surface area contributed by atoms with Crippen LogP contribution in [0, 0.1) is 5.82 Å². The molecule has 0 bridgehead atoms. The molecule has 0 aliphatic heterocycles. The second-order valence-corrected chi connectivity index (χ2v) is 7.74. The Morgan fingerprint density at radius 3 is 2.75 bits per heavy atom. The zero-order valence-corrected chi connectivity index (χ0v) is 12.9. The summed E-state index contributed by atoms with van der Waals surface area (Å²) in [4.78, 5) is -0.372. The van der Waals surface area contributed by atoms with E-state index >= 15 is 0 Å². The Hall–Kier alpha value is -0.790. The quantitative estimate of drug-likeness (QED) is 0.836. The number of hydrogen-bond donors (Lipinski definition) is 2. The van der Waals surface area contributed by atoms with E-state index in [2.05, 4.69) is 4.72 Å². The molecule has 20 heavy (non-hydrogen) atoms. The van der Waals surface area contributed by atoms with E-state index < -0.39 is 15.8 Å². The lowest BCUT2D eigenvalue weighted by molar-refractivity contribution is 0.422. The van der Waals surface area contributed by atoms with Crippen LogP contribution in [0.1, 0.15) is 25.7 Å². The molecule has 1 aromatic rings. The summed E-state index contributed by atoms with van der Waals surface area (Å²) in [5, 5.41) is 0.239. The van der Waals surface area contributed by atoms with Crippen LogP contribution in [0.25, 0.3) is 0 Å². The minimum absolute atomic E-state index is 0.149. The van der Waals surface area contributed by atoms with E-state index in [9.17, 15) is 12.8 Å². The molecule has 3 N–H and O–H groups in total. The molecule has 4 nitrogen and oxygen atoms in total. The average molecular weight is 318 g/mol. The first-order valence-corrected chi connectivity index (χ1v) is 9.31. The fourth-order valence-corrected chi connectivity index (χ4v) is 4.95. The lowest BCUT2D eigenvalue weighted by Crippen LogP contribution is -2.43. The van der Waals surface area contributed by atoms with Crippen molar-refractivity contribution >= 4 is 27.5 Å². The van der Waals surface area contributed by atoms with E-state index in [-0.39, 0.29) is 21.9 Å². The first kappa shape index (κ1) is 15.6. The molecule has 0 radical (unpaired) electrons. The summed E-state index contributed by atoms with van der Waals surface area (Å²) in [5.74, 6) is -0.775. The summed E-state index contributed by atoms with van der Waals surface area (Å²) in [7, 11) is -3.87. The molecule has 7 heteroatoms. The van der Waals surface area contributed by atoms with Crippen molar-refractivity contribution in [1.29, 1.82) is 0 Å². The Morgan fingerprint density at radius 1 is 1.35 bits per heavy atom. The first-order chi connectivity index (χ1) is 9.44. The van der Waals surface area contributed by atoms with E-state index in [1.165, 1.54) is 6.07 Å². The number of sulfonamides is 1. The van der Waals surface area contributed by atoms with E-state index in [0.717, 1.165) is 37.8 Å². The molecule has 0 aromatic heterocycles. The van der Waals surface area contributed by atoms with Crippen molar-refractivity contribution in [2.24, 2.45) is 0 Å². The predicted molar refractivity (Wildman–Crippen MR) is 80.7 cm³/mol. The van der Waals surface area contributed by atoms with Gasteiger partial charge in [0, 0.05) is 17.0 Å². The molecule has 1 aromatic carbocycles. The molecule has 1 saturated carbocycles.